The van der Waals surface area contributed by atoms with Gasteiger partial charge in [-0.1, -0.05) is 24.3 Å². The van der Waals surface area contributed by atoms with Crippen LogP contribution in [0.5, 0.6) is 0 Å². The van der Waals surface area contributed by atoms with Gasteiger partial charge in [0.1, 0.15) is 0 Å². The molecule has 0 aliphatic heterocycles. The number of H-pyrrole nitrogens is 1. The monoisotopic (exact) mass is 446 g/mol. The summed E-state index contributed by atoms with van der Waals surface area (Å²) >= 11 is 1.65. The molecule has 5 rings (SSSR count). The highest BCUT2D eigenvalue weighted by Gasteiger charge is 2.22. The summed E-state index contributed by atoms with van der Waals surface area (Å²) in [5.41, 5.74) is 6.75. The smallest absolute Gasteiger partial charge is 0.266 e. The molecular weight excluding hydrogens is 420 g/mol. The number of amides is 1. The molecule has 32 heavy (non-hydrogen) atoms. The van der Waals surface area contributed by atoms with Crippen LogP contribution in [0.4, 0.5) is 0 Å². The Labute approximate surface area is 190 Å². The van der Waals surface area contributed by atoms with E-state index in [4.69, 9.17) is 0 Å². The van der Waals surface area contributed by atoms with Gasteiger partial charge in [0, 0.05) is 27.9 Å². The molecule has 1 aliphatic carbocycles. The Morgan fingerprint density at radius 3 is 2.78 bits per heavy atom. The highest BCUT2D eigenvalue weighted by molar-refractivity contribution is 7.10. The van der Waals surface area contributed by atoms with Crippen molar-refractivity contribution in [2.75, 3.05) is 0 Å². The summed E-state index contributed by atoms with van der Waals surface area (Å²) < 4.78 is 1.65. The lowest BCUT2D eigenvalue weighted by Crippen LogP contribution is -2.31. The van der Waals surface area contributed by atoms with Crippen LogP contribution in [-0.2, 0) is 24.1 Å². The number of thiophene rings is 1. The minimum atomic E-state index is -0.202. The van der Waals surface area contributed by atoms with Gasteiger partial charge in [-0.05, 0) is 67.7 Å². The van der Waals surface area contributed by atoms with Crippen LogP contribution in [-0.4, -0.2) is 20.5 Å². The summed E-state index contributed by atoms with van der Waals surface area (Å²) in [5.74, 6) is -0.0667. The van der Waals surface area contributed by atoms with Crippen molar-refractivity contribution in [1.29, 1.82) is 0 Å². The maximum absolute atomic E-state index is 13.2. The van der Waals surface area contributed by atoms with Gasteiger partial charge in [0.15, 0.2) is 5.65 Å². The van der Waals surface area contributed by atoms with Crippen LogP contribution in [0.1, 0.15) is 57.4 Å². The van der Waals surface area contributed by atoms with E-state index in [-0.39, 0.29) is 23.9 Å². The predicted molar refractivity (Wildman–Crippen MR) is 126 cm³/mol. The predicted octanol–water partition coefficient (Wildman–Crippen LogP) is 4.03. The second-order valence-electron chi connectivity index (χ2n) is 8.50. The Hall–Kier alpha value is -3.19. The minimum Gasteiger partial charge on any atom is -0.344 e. The Bertz CT molecular complexity index is 1350. The number of aryl methyl sites for hydroxylation is 4. The van der Waals surface area contributed by atoms with Crippen molar-refractivity contribution in [1.82, 2.24) is 19.9 Å². The van der Waals surface area contributed by atoms with Crippen molar-refractivity contribution in [3.63, 3.8) is 0 Å². The van der Waals surface area contributed by atoms with Crippen LogP contribution >= 0.6 is 11.3 Å². The number of aromatic nitrogens is 3. The molecule has 1 aliphatic rings. The van der Waals surface area contributed by atoms with E-state index in [0.717, 1.165) is 40.2 Å². The molecule has 4 aromatic rings. The Kier molecular flexibility index (Phi) is 5.43. The molecule has 3 heterocycles. The number of carbonyl (C=O) groups excluding carboxylic acids is 1. The first kappa shape index (κ1) is 20.7. The number of benzene rings is 1. The SMILES string of the molecule is Cc1nc2cc(=O)[nH]n2c(C)c1CC(=O)NC(c1ccc2c(c1)CCCC2)c1cccs1. The van der Waals surface area contributed by atoms with Gasteiger partial charge in [0.2, 0.25) is 5.91 Å². The van der Waals surface area contributed by atoms with Gasteiger partial charge in [0.25, 0.3) is 5.56 Å². The van der Waals surface area contributed by atoms with Gasteiger partial charge >= 0.3 is 0 Å². The summed E-state index contributed by atoms with van der Waals surface area (Å²) in [5, 5.41) is 8.06. The number of fused-ring (bicyclic) bond motifs is 2. The van der Waals surface area contributed by atoms with Crippen LogP contribution < -0.4 is 10.9 Å². The van der Waals surface area contributed by atoms with E-state index in [2.05, 4.69) is 39.7 Å². The molecule has 0 spiro atoms. The number of hydrogen-bond acceptors (Lipinski definition) is 4. The van der Waals surface area contributed by atoms with E-state index in [9.17, 15) is 9.59 Å². The van der Waals surface area contributed by atoms with Crippen LogP contribution in [0.15, 0.2) is 46.6 Å². The van der Waals surface area contributed by atoms with Crippen LogP contribution in [0.3, 0.4) is 0 Å². The summed E-state index contributed by atoms with van der Waals surface area (Å²) in [7, 11) is 0. The zero-order valence-electron chi connectivity index (χ0n) is 18.3. The van der Waals surface area contributed by atoms with Crippen LogP contribution in [0.2, 0.25) is 0 Å². The number of nitrogens with one attached hydrogen (secondary N) is 2. The Morgan fingerprint density at radius 2 is 2.00 bits per heavy atom. The fourth-order valence-corrected chi connectivity index (χ4v) is 5.49. The molecular formula is C25H26N4O2S. The first-order chi connectivity index (χ1) is 15.5. The summed E-state index contributed by atoms with van der Waals surface area (Å²) in [6.07, 6.45) is 4.92. The summed E-state index contributed by atoms with van der Waals surface area (Å²) in [6, 6.07) is 12.0. The number of aromatic amines is 1. The van der Waals surface area contributed by atoms with E-state index in [1.165, 1.54) is 30.0 Å². The topological polar surface area (TPSA) is 79.3 Å². The quantitative estimate of drug-likeness (QED) is 0.486. The molecule has 6 nitrogen and oxygen atoms in total. The van der Waals surface area contributed by atoms with E-state index < -0.39 is 0 Å². The van der Waals surface area contributed by atoms with Gasteiger partial charge in [-0.15, -0.1) is 11.3 Å². The van der Waals surface area contributed by atoms with Gasteiger partial charge < -0.3 is 5.32 Å². The second kappa shape index (κ2) is 8.39. The number of hydrogen-bond donors (Lipinski definition) is 2. The Balaban J connectivity index is 1.44. The molecule has 0 radical (unpaired) electrons. The minimum absolute atomic E-state index is 0.0667. The lowest BCUT2D eigenvalue weighted by atomic mass is 9.89. The Morgan fingerprint density at radius 1 is 1.19 bits per heavy atom. The second-order valence-corrected chi connectivity index (χ2v) is 9.48. The standard InChI is InChI=1S/C25H26N4O2S/c1-15-20(16(2)29-22(26-15)14-24(31)28-29)13-23(30)27-25(21-8-5-11-32-21)19-10-9-17-6-3-4-7-18(17)12-19/h5,8-12,14,25H,3-4,6-7,13H2,1-2H3,(H,27,30)(H,28,31). The van der Waals surface area contributed by atoms with Gasteiger partial charge in [0.05, 0.1) is 12.5 Å². The van der Waals surface area contributed by atoms with Crippen molar-refractivity contribution < 1.29 is 4.79 Å². The molecule has 3 aromatic heterocycles. The fraction of sp³-hybridized carbons (Fsp3) is 0.320. The molecule has 0 saturated heterocycles. The van der Waals surface area contributed by atoms with Crippen molar-refractivity contribution in [2.24, 2.45) is 0 Å². The van der Waals surface area contributed by atoms with E-state index in [0.29, 0.717) is 5.65 Å². The number of nitrogens with zero attached hydrogens (tertiary/aromatic N) is 2. The lowest BCUT2D eigenvalue weighted by Gasteiger charge is -2.22. The number of rotatable bonds is 5. The molecule has 0 fully saturated rings. The van der Waals surface area contributed by atoms with Crippen LogP contribution in [0.25, 0.3) is 5.65 Å². The van der Waals surface area contributed by atoms with Gasteiger partial charge in [-0.25, -0.2) is 9.50 Å². The molecule has 1 atom stereocenters. The van der Waals surface area contributed by atoms with Gasteiger partial charge in [-0.3, -0.25) is 14.7 Å². The first-order valence-electron chi connectivity index (χ1n) is 11.0. The molecule has 1 unspecified atom stereocenters. The normalized spacial score (nSPS) is 14.3. The zero-order chi connectivity index (χ0) is 22.2. The molecule has 164 valence electrons. The third-order valence-electron chi connectivity index (χ3n) is 6.38. The first-order valence-corrected chi connectivity index (χ1v) is 11.9. The molecule has 1 amide bonds. The van der Waals surface area contributed by atoms with Crippen molar-refractivity contribution >= 4 is 22.9 Å². The maximum atomic E-state index is 13.2. The highest BCUT2D eigenvalue weighted by Crippen LogP contribution is 2.30. The molecule has 0 bridgehead atoms. The number of carbonyl (C=O) groups is 1. The van der Waals surface area contributed by atoms with Crippen molar-refractivity contribution in [3.05, 3.63) is 90.7 Å². The van der Waals surface area contributed by atoms with E-state index >= 15 is 0 Å². The van der Waals surface area contributed by atoms with Crippen LogP contribution in [0, 0.1) is 13.8 Å². The van der Waals surface area contributed by atoms with Gasteiger partial charge in [-0.2, -0.15) is 0 Å². The van der Waals surface area contributed by atoms with E-state index in [1.54, 1.807) is 15.9 Å². The maximum Gasteiger partial charge on any atom is 0.266 e. The molecule has 1 aromatic carbocycles. The molecule has 7 heteroatoms. The molecule has 0 saturated carbocycles. The molecule has 2 N–H and O–H groups in total. The fourth-order valence-electron chi connectivity index (χ4n) is 4.69. The third-order valence-corrected chi connectivity index (χ3v) is 7.32. The van der Waals surface area contributed by atoms with E-state index in [1.807, 2.05) is 25.3 Å². The largest absolute Gasteiger partial charge is 0.344 e. The van der Waals surface area contributed by atoms with Crippen molar-refractivity contribution in [3.8, 4) is 0 Å². The zero-order valence-corrected chi connectivity index (χ0v) is 19.1. The highest BCUT2D eigenvalue weighted by atomic mass is 32.1. The lowest BCUT2D eigenvalue weighted by molar-refractivity contribution is -0.120. The third kappa shape index (κ3) is 3.88. The summed E-state index contributed by atoms with van der Waals surface area (Å²) in [4.78, 5) is 30.6. The summed E-state index contributed by atoms with van der Waals surface area (Å²) in [6.45, 7) is 3.79. The van der Waals surface area contributed by atoms with Crippen molar-refractivity contribution in [2.45, 2.75) is 52.0 Å². The average Bonchev–Trinajstić information content (AvgIpc) is 3.44. The average molecular weight is 447 g/mol.